The minimum atomic E-state index is -0.250. The molecular weight excluding hydrogens is 833 g/mol. The molecule has 0 amide bonds. The van der Waals surface area contributed by atoms with E-state index < -0.39 is 0 Å². The van der Waals surface area contributed by atoms with E-state index in [1.807, 2.05) is 6.92 Å². The fraction of sp³-hybridized carbons (Fsp3) is 0.500. The highest BCUT2D eigenvalue weighted by molar-refractivity contribution is 7.99. The van der Waals surface area contributed by atoms with E-state index in [0.29, 0.717) is 30.8 Å². The summed E-state index contributed by atoms with van der Waals surface area (Å²) in [7, 11) is 0. The van der Waals surface area contributed by atoms with E-state index in [9.17, 15) is 5.11 Å². The second-order valence-corrected chi connectivity index (χ2v) is 17.7. The van der Waals surface area contributed by atoms with Crippen LogP contribution in [0.3, 0.4) is 0 Å². The third-order valence-corrected chi connectivity index (χ3v) is 14.2. The second-order valence-electron chi connectivity index (χ2n) is 14.5. The Kier molecular flexibility index (Phi) is 10.5. The van der Waals surface area contributed by atoms with Crippen LogP contribution in [0.2, 0.25) is 15.2 Å². The number of piperidine rings is 2. The number of anilines is 5. The quantitative estimate of drug-likeness (QED) is 0.102. The van der Waals surface area contributed by atoms with Gasteiger partial charge in [-0.15, -0.1) is 0 Å². The van der Waals surface area contributed by atoms with Crippen molar-refractivity contribution >= 4 is 87.4 Å². The van der Waals surface area contributed by atoms with Crippen molar-refractivity contribution in [2.24, 2.45) is 16.6 Å². The molecule has 0 unspecified atom stereocenters. The maximum atomic E-state index is 9.92. The van der Waals surface area contributed by atoms with Gasteiger partial charge in [0.1, 0.15) is 32.7 Å². The topological polar surface area (TPSA) is 261 Å². The Morgan fingerprint density at radius 2 is 1.30 bits per heavy atom. The van der Waals surface area contributed by atoms with E-state index in [4.69, 9.17) is 103 Å². The third kappa shape index (κ3) is 10.0. The minimum absolute atomic E-state index is 0. The number of nitrogens with zero attached hydrogens (tertiary/aromatic N) is 7. The standard InChI is InChI=1S/C18H24ClN7OS.C9H7Cl2N5S.C9H17NO2.11H2/c1-10-14(20)18(9-27-10)3-6-26(7-4-18)12-8-24-17(16(22)25-12)28-11-2-5-23-15(21)13(11)19;10-5-3-15-9(8(13)16-5)17-4-1-2-14-7(12)6(4)11;1-7-8(11)9(6-12-7)2-4-10-5-3-9;;;;;;;;;;;/h2,5,8,10,14H,3-4,6-7,9,20H2,1H3,(H2,21,23)(H2,22,25);1-3H,(H2,12,14)(H2,13,16);7-8,10-11H,2-6H2,1H3;11*1H/t10-,14+;;7-,8+;;;;;;;;;;;/m0.0.........../s1/i;;;10*1+1D;1+1. The van der Waals surface area contributed by atoms with Gasteiger partial charge in [0, 0.05) is 83.3 Å². The molecular formula is C36H70Cl3N13O3S2. The maximum Gasteiger partial charge on any atom is 0.158 e. The van der Waals surface area contributed by atoms with E-state index >= 15 is 0 Å². The monoisotopic (exact) mass is 923 g/mol. The normalized spacial score (nSPS) is 24.9. The van der Waals surface area contributed by atoms with Gasteiger partial charge in [-0.05, 0) is 64.8 Å². The summed E-state index contributed by atoms with van der Waals surface area (Å²) in [5, 5.41) is 15.3. The number of hydrogen-bond donors (Lipinski definition) is 7. The average molecular weight is 925 g/mol. The number of aromatic nitrogens is 6. The summed E-state index contributed by atoms with van der Waals surface area (Å²) in [6, 6.07) is 3.58. The smallest absolute Gasteiger partial charge is 0.158 e. The fourth-order valence-electron chi connectivity index (χ4n) is 7.30. The fourth-order valence-corrected chi connectivity index (χ4v) is 9.47. The molecule has 330 valence electrons. The van der Waals surface area contributed by atoms with Gasteiger partial charge >= 0.3 is 0 Å². The molecule has 4 aromatic rings. The Hall–Kier alpha value is -3.17. The second kappa shape index (κ2) is 18.8. The van der Waals surface area contributed by atoms with Gasteiger partial charge in [0.2, 0.25) is 0 Å². The van der Waals surface area contributed by atoms with Crippen LogP contribution in [-0.2, 0) is 9.47 Å². The van der Waals surface area contributed by atoms with Gasteiger partial charge in [-0.25, -0.2) is 29.9 Å². The van der Waals surface area contributed by atoms with Crippen LogP contribution < -0.4 is 38.9 Å². The zero-order valence-corrected chi connectivity index (χ0v) is 35.5. The van der Waals surface area contributed by atoms with Gasteiger partial charge in [0.05, 0.1) is 54.0 Å². The molecule has 2 spiro atoms. The summed E-state index contributed by atoms with van der Waals surface area (Å²) in [5.41, 5.74) is 29.7. The minimum Gasteiger partial charge on any atom is -0.390 e. The molecule has 0 aliphatic carbocycles. The van der Waals surface area contributed by atoms with Crippen molar-refractivity contribution in [3.8, 4) is 0 Å². The first-order valence-electron chi connectivity index (χ1n) is 28.4. The number of aliphatic hydroxyl groups excluding tert-OH is 1. The Morgan fingerprint density at radius 1 is 0.772 bits per heavy atom. The van der Waals surface area contributed by atoms with E-state index in [-0.39, 0.29) is 59.2 Å². The number of ether oxygens (including phenoxy) is 2. The first-order valence-corrected chi connectivity index (χ1v) is 21.2. The zero-order chi connectivity index (χ0) is 60.9. The molecule has 4 aliphatic heterocycles. The molecule has 12 N–H and O–H groups in total. The number of hydrogen-bond acceptors (Lipinski definition) is 18. The molecule has 0 aromatic carbocycles. The largest absolute Gasteiger partial charge is 0.390 e. The number of aliphatic hydroxyl groups is 1. The summed E-state index contributed by atoms with van der Waals surface area (Å²) < 4.78 is 111. The molecule has 4 saturated heterocycles. The molecule has 0 radical (unpaired) electrons. The molecule has 0 saturated carbocycles. The lowest BCUT2D eigenvalue weighted by molar-refractivity contribution is 0.0222. The highest BCUT2D eigenvalue weighted by Crippen LogP contribution is 2.43. The maximum absolute atomic E-state index is 9.92. The lowest BCUT2D eigenvalue weighted by Crippen LogP contribution is -2.50. The van der Waals surface area contributed by atoms with Crippen molar-refractivity contribution in [1.82, 2.24) is 35.2 Å². The first kappa shape index (κ1) is 31.7. The predicted molar refractivity (Wildman–Crippen MR) is 250 cm³/mol. The Labute approximate surface area is 387 Å². The Balaban J connectivity index is -0.000000224. The molecule has 8 heterocycles. The molecule has 21 heteroatoms. The third-order valence-electron chi connectivity index (χ3n) is 10.9. The number of nitrogens with two attached hydrogens (primary N) is 5. The van der Waals surface area contributed by atoms with Crippen LogP contribution in [0.15, 0.2) is 56.8 Å². The molecule has 8 rings (SSSR count). The van der Waals surface area contributed by atoms with E-state index in [1.165, 1.54) is 29.7 Å². The highest BCUT2D eigenvalue weighted by atomic mass is 35.5. The predicted octanol–water partition coefficient (Wildman–Crippen LogP) is 7.51. The summed E-state index contributed by atoms with van der Waals surface area (Å²) in [6.45, 7) is 9.26. The van der Waals surface area contributed by atoms with Crippen molar-refractivity contribution < 1.29 is 45.7 Å². The van der Waals surface area contributed by atoms with Crippen molar-refractivity contribution in [2.45, 2.75) is 83.7 Å². The molecule has 0 bridgehead atoms. The van der Waals surface area contributed by atoms with Crippen molar-refractivity contribution in [3.63, 3.8) is 0 Å². The van der Waals surface area contributed by atoms with Crippen molar-refractivity contribution in [1.29, 1.82) is 0 Å². The lowest BCUT2D eigenvalue weighted by atomic mass is 9.73. The summed E-state index contributed by atoms with van der Waals surface area (Å²) in [4.78, 5) is 28.5. The summed E-state index contributed by atoms with van der Waals surface area (Å²) in [6.07, 6.45) is 10.3. The summed E-state index contributed by atoms with van der Waals surface area (Å²) >= 11 is 20.4. The number of pyridine rings is 2. The van der Waals surface area contributed by atoms with Crippen LogP contribution in [0.25, 0.3) is 0 Å². The Morgan fingerprint density at radius 3 is 1.79 bits per heavy atom. The average Bonchev–Trinajstić information content (AvgIpc) is 3.92. The van der Waals surface area contributed by atoms with Gasteiger partial charge in [-0.1, -0.05) is 58.3 Å². The number of rotatable bonds is 5. The van der Waals surface area contributed by atoms with Crippen LogP contribution in [0.1, 0.15) is 70.7 Å². The van der Waals surface area contributed by atoms with E-state index in [0.717, 1.165) is 75.8 Å². The van der Waals surface area contributed by atoms with Gasteiger partial charge in [0.15, 0.2) is 11.6 Å². The van der Waals surface area contributed by atoms with Crippen LogP contribution in [0.4, 0.5) is 29.1 Å². The van der Waals surface area contributed by atoms with E-state index in [2.05, 4.69) is 47.0 Å². The Bertz CT molecular complexity index is 2070. The molecule has 4 aromatic heterocycles. The molecule has 57 heavy (non-hydrogen) atoms. The van der Waals surface area contributed by atoms with Crippen LogP contribution in [0.5, 0.6) is 0 Å². The molecule has 16 nitrogen and oxygen atoms in total. The van der Waals surface area contributed by atoms with Crippen molar-refractivity contribution in [2.75, 3.05) is 67.2 Å². The summed E-state index contributed by atoms with van der Waals surface area (Å²) in [5.74, 6) is 1.92. The van der Waals surface area contributed by atoms with Gasteiger partial charge < -0.3 is 53.5 Å². The van der Waals surface area contributed by atoms with Crippen LogP contribution >= 0.6 is 58.3 Å². The van der Waals surface area contributed by atoms with Gasteiger partial charge in [-0.3, -0.25) is 0 Å². The number of nitrogen functional groups attached to an aromatic ring is 4. The zero-order valence-electron chi connectivity index (χ0n) is 51.6. The van der Waals surface area contributed by atoms with E-state index in [1.54, 1.807) is 30.7 Å². The number of halogens is 3. The molecule has 4 fully saturated rings. The van der Waals surface area contributed by atoms with Crippen LogP contribution in [-0.4, -0.2) is 98.8 Å². The van der Waals surface area contributed by atoms with Crippen molar-refractivity contribution in [3.05, 3.63) is 52.1 Å². The lowest BCUT2D eigenvalue weighted by Gasteiger charge is -2.41. The number of nitrogens with one attached hydrogen (secondary N) is 1. The van der Waals surface area contributed by atoms with Crippen LogP contribution in [0, 0.1) is 10.8 Å². The first-order chi connectivity index (χ1) is 37.2. The molecule has 4 atom stereocenters. The highest BCUT2D eigenvalue weighted by Gasteiger charge is 2.48. The SMILES string of the molecule is C[C@@H]1OCC2(CCN(c3cnc(Sc4ccnc(N)c4Cl)c(N)n3)CC2)[C@@H]1N.C[C@@H]1OCC2(CCNCC2)[C@@H]1O.Nc1nc(Cl)cnc1Sc1ccnc(N)c1Cl.[2HH].[2H][2H].[2H][2H].[2H][2H].[2H][2H].[2H][2H].[2H][2H].[2H][2H].[2H][2H].[2H][2H].[2H][2H]. The van der Waals surface area contributed by atoms with Gasteiger partial charge in [0.25, 0.3) is 0 Å². The molecule has 4 aliphatic rings. The van der Waals surface area contributed by atoms with Gasteiger partial charge in [-0.2, -0.15) is 0 Å².